The van der Waals surface area contributed by atoms with E-state index in [4.69, 9.17) is 9.47 Å². The molecule has 1 fully saturated rings. The highest BCUT2D eigenvalue weighted by molar-refractivity contribution is 5.36. The van der Waals surface area contributed by atoms with Crippen LogP contribution in [0, 0.1) is 0 Å². The van der Waals surface area contributed by atoms with E-state index in [1.807, 2.05) is 60.7 Å². The highest BCUT2D eigenvalue weighted by Gasteiger charge is 2.23. The zero-order chi connectivity index (χ0) is 21.6. The van der Waals surface area contributed by atoms with Crippen molar-refractivity contribution in [2.45, 2.75) is 37.5 Å². The van der Waals surface area contributed by atoms with Crippen LogP contribution in [0.3, 0.4) is 0 Å². The third-order valence-electron chi connectivity index (χ3n) is 6.39. The Morgan fingerprint density at radius 1 is 0.375 bits per heavy atom. The van der Waals surface area contributed by atoms with Crippen molar-refractivity contribution in [3.05, 3.63) is 120 Å². The van der Waals surface area contributed by atoms with Gasteiger partial charge in [-0.25, -0.2) is 0 Å². The quantitative estimate of drug-likeness (QED) is 0.310. The molecule has 0 spiro atoms. The molecule has 0 aliphatic heterocycles. The average Bonchev–Trinajstić information content (AvgIpc) is 2.86. The Kier molecular flexibility index (Phi) is 6.20. The van der Waals surface area contributed by atoms with Gasteiger partial charge in [0.1, 0.15) is 23.0 Å². The van der Waals surface area contributed by atoms with Gasteiger partial charge in [-0.2, -0.15) is 0 Å². The van der Waals surface area contributed by atoms with Crippen LogP contribution in [0.15, 0.2) is 109 Å². The third-order valence-corrected chi connectivity index (χ3v) is 6.39. The Labute approximate surface area is 190 Å². The van der Waals surface area contributed by atoms with E-state index in [1.165, 1.54) is 36.8 Å². The van der Waals surface area contributed by atoms with Crippen LogP contribution in [0.2, 0.25) is 0 Å². The second kappa shape index (κ2) is 9.74. The summed E-state index contributed by atoms with van der Waals surface area (Å²) in [6, 6.07) is 37.2. The van der Waals surface area contributed by atoms with Crippen LogP contribution in [0.5, 0.6) is 23.0 Å². The van der Waals surface area contributed by atoms with Crippen molar-refractivity contribution in [2.24, 2.45) is 0 Å². The number of hydrogen-bond donors (Lipinski definition) is 0. The summed E-state index contributed by atoms with van der Waals surface area (Å²) < 4.78 is 11.9. The molecule has 1 aliphatic rings. The Hall–Kier alpha value is -3.52. The fourth-order valence-electron chi connectivity index (χ4n) is 4.63. The first kappa shape index (κ1) is 20.4. The van der Waals surface area contributed by atoms with Gasteiger partial charge < -0.3 is 9.47 Å². The lowest BCUT2D eigenvalue weighted by atomic mass is 9.76. The van der Waals surface area contributed by atoms with Gasteiger partial charge in [-0.3, -0.25) is 0 Å². The maximum atomic E-state index is 5.93. The first-order valence-corrected chi connectivity index (χ1v) is 11.5. The van der Waals surface area contributed by atoms with Crippen molar-refractivity contribution in [1.82, 2.24) is 0 Å². The fourth-order valence-corrected chi connectivity index (χ4v) is 4.63. The smallest absolute Gasteiger partial charge is 0.127 e. The molecule has 4 aromatic rings. The molecule has 160 valence electrons. The number of hydrogen-bond acceptors (Lipinski definition) is 2. The van der Waals surface area contributed by atoms with Gasteiger partial charge >= 0.3 is 0 Å². The first-order chi connectivity index (χ1) is 15.8. The van der Waals surface area contributed by atoms with Crippen LogP contribution in [0.1, 0.15) is 48.6 Å². The van der Waals surface area contributed by atoms with Gasteiger partial charge in [-0.15, -0.1) is 0 Å². The Morgan fingerprint density at radius 2 is 0.688 bits per heavy atom. The predicted molar refractivity (Wildman–Crippen MR) is 130 cm³/mol. The third kappa shape index (κ3) is 5.03. The summed E-state index contributed by atoms with van der Waals surface area (Å²) in [5.74, 6) is 4.82. The zero-order valence-corrected chi connectivity index (χ0v) is 18.2. The van der Waals surface area contributed by atoms with Gasteiger partial charge in [-0.1, -0.05) is 60.7 Å². The number of para-hydroxylation sites is 2. The number of benzene rings is 4. The topological polar surface area (TPSA) is 18.5 Å². The minimum atomic E-state index is 0.637. The van der Waals surface area contributed by atoms with E-state index in [0.717, 1.165) is 23.0 Å². The molecule has 32 heavy (non-hydrogen) atoms. The Morgan fingerprint density at radius 3 is 1.03 bits per heavy atom. The summed E-state index contributed by atoms with van der Waals surface area (Å²) in [6.45, 7) is 0. The van der Waals surface area contributed by atoms with Gasteiger partial charge in [0.05, 0.1) is 0 Å². The molecule has 0 bridgehead atoms. The average molecular weight is 421 g/mol. The van der Waals surface area contributed by atoms with E-state index in [-0.39, 0.29) is 0 Å². The van der Waals surface area contributed by atoms with Gasteiger partial charge in [0.25, 0.3) is 0 Å². The lowest BCUT2D eigenvalue weighted by molar-refractivity contribution is 0.395. The molecule has 0 heterocycles. The minimum Gasteiger partial charge on any atom is -0.457 e. The van der Waals surface area contributed by atoms with E-state index in [1.54, 1.807) is 0 Å². The molecule has 2 nitrogen and oxygen atoms in total. The van der Waals surface area contributed by atoms with Crippen molar-refractivity contribution in [3.8, 4) is 23.0 Å². The molecule has 5 rings (SSSR count). The van der Waals surface area contributed by atoms with Crippen LogP contribution >= 0.6 is 0 Å². The first-order valence-electron chi connectivity index (χ1n) is 11.5. The van der Waals surface area contributed by atoms with E-state index in [0.29, 0.717) is 11.8 Å². The molecular formula is C30H28O2. The maximum Gasteiger partial charge on any atom is 0.127 e. The summed E-state index contributed by atoms with van der Waals surface area (Å²) in [4.78, 5) is 0. The summed E-state index contributed by atoms with van der Waals surface area (Å²) in [7, 11) is 0. The second-order valence-corrected chi connectivity index (χ2v) is 8.52. The zero-order valence-electron chi connectivity index (χ0n) is 18.2. The molecule has 2 heteroatoms. The van der Waals surface area contributed by atoms with Crippen LogP contribution < -0.4 is 9.47 Å². The molecule has 0 atom stereocenters. The molecule has 0 radical (unpaired) electrons. The summed E-state index contributed by atoms with van der Waals surface area (Å²) >= 11 is 0. The highest BCUT2D eigenvalue weighted by atomic mass is 16.5. The molecule has 1 saturated carbocycles. The van der Waals surface area contributed by atoms with Gasteiger partial charge in [0.2, 0.25) is 0 Å². The molecule has 0 amide bonds. The molecule has 1 aliphatic carbocycles. The molecule has 4 aromatic carbocycles. The van der Waals surface area contributed by atoms with Crippen molar-refractivity contribution in [1.29, 1.82) is 0 Å². The molecule has 0 aromatic heterocycles. The Balaban J connectivity index is 1.15. The van der Waals surface area contributed by atoms with E-state index >= 15 is 0 Å². The van der Waals surface area contributed by atoms with Crippen molar-refractivity contribution >= 4 is 0 Å². The predicted octanol–water partition coefficient (Wildman–Crippen LogP) is 8.71. The minimum absolute atomic E-state index is 0.637. The van der Waals surface area contributed by atoms with Gasteiger partial charge in [0, 0.05) is 0 Å². The lowest BCUT2D eigenvalue weighted by Gasteiger charge is -2.29. The van der Waals surface area contributed by atoms with Gasteiger partial charge in [0.15, 0.2) is 0 Å². The normalized spacial score (nSPS) is 18.1. The molecule has 0 unspecified atom stereocenters. The highest BCUT2D eigenvalue weighted by Crippen LogP contribution is 2.41. The monoisotopic (exact) mass is 420 g/mol. The SMILES string of the molecule is c1ccc(Oc2ccc(C3CCC(c4ccc(Oc5ccccc5)cc4)CC3)cc2)cc1. The Bertz CT molecular complexity index is 1000. The van der Waals surface area contributed by atoms with Crippen molar-refractivity contribution in [2.75, 3.05) is 0 Å². The lowest BCUT2D eigenvalue weighted by Crippen LogP contribution is -2.12. The van der Waals surface area contributed by atoms with Crippen molar-refractivity contribution in [3.63, 3.8) is 0 Å². The van der Waals surface area contributed by atoms with Gasteiger partial charge in [-0.05, 0) is 97.2 Å². The molecule has 0 N–H and O–H groups in total. The van der Waals surface area contributed by atoms with Crippen LogP contribution in [-0.4, -0.2) is 0 Å². The largest absolute Gasteiger partial charge is 0.457 e. The summed E-state index contributed by atoms with van der Waals surface area (Å²) in [5.41, 5.74) is 2.85. The van der Waals surface area contributed by atoms with Crippen molar-refractivity contribution < 1.29 is 9.47 Å². The standard InChI is InChI=1S/C30H28O2/c1-3-7-27(8-4-1)31-29-19-15-25(16-20-29)23-11-13-24(14-12-23)26-17-21-30(22-18-26)32-28-9-5-2-6-10-28/h1-10,15-24H,11-14H2. The van der Waals surface area contributed by atoms with Crippen LogP contribution in [0.4, 0.5) is 0 Å². The van der Waals surface area contributed by atoms with E-state index in [2.05, 4.69) is 48.5 Å². The summed E-state index contributed by atoms with van der Waals surface area (Å²) in [5, 5.41) is 0. The fraction of sp³-hybridized carbons (Fsp3) is 0.200. The van der Waals surface area contributed by atoms with Crippen LogP contribution in [0.25, 0.3) is 0 Å². The van der Waals surface area contributed by atoms with Crippen LogP contribution in [-0.2, 0) is 0 Å². The number of rotatable bonds is 6. The molecule has 0 saturated heterocycles. The molecular weight excluding hydrogens is 392 g/mol. The maximum absolute atomic E-state index is 5.93. The van der Waals surface area contributed by atoms with E-state index < -0.39 is 0 Å². The van der Waals surface area contributed by atoms with E-state index in [9.17, 15) is 0 Å². The summed E-state index contributed by atoms with van der Waals surface area (Å²) in [6.07, 6.45) is 4.91. The number of ether oxygens (including phenoxy) is 2. The second-order valence-electron chi connectivity index (χ2n) is 8.52.